The minimum Gasteiger partial charge on any atom is -0.388 e. The Hall–Kier alpha value is -2.88. The SMILES string of the molecule is CNC(=O)C(CCC=O)N(C)Cc1cc(CNC=O)ccc1C=O.CNc1ccc(CCSC)c(Cl)c1. The summed E-state index contributed by atoms with van der Waals surface area (Å²) in [6, 6.07) is 10.9. The Bertz CT molecular complexity index is 1020. The van der Waals surface area contributed by atoms with Crippen molar-refractivity contribution in [3.8, 4) is 0 Å². The van der Waals surface area contributed by atoms with Gasteiger partial charge in [-0.25, -0.2) is 0 Å². The minimum absolute atomic E-state index is 0.175. The average molecular weight is 549 g/mol. The molecule has 1 unspecified atom stereocenters. The maximum absolute atomic E-state index is 12.0. The van der Waals surface area contributed by atoms with Crippen LogP contribution in [-0.2, 0) is 33.9 Å². The van der Waals surface area contributed by atoms with E-state index in [0.717, 1.165) is 46.6 Å². The van der Waals surface area contributed by atoms with Gasteiger partial charge in [0.25, 0.3) is 0 Å². The fraction of sp³-hybridized carbons (Fsp3) is 0.407. The van der Waals surface area contributed by atoms with E-state index in [4.69, 9.17) is 11.6 Å². The molecule has 2 amide bonds. The Balaban J connectivity index is 0.000000442. The van der Waals surface area contributed by atoms with Crippen molar-refractivity contribution in [3.05, 3.63) is 63.7 Å². The molecule has 0 aliphatic rings. The number of halogens is 1. The maximum Gasteiger partial charge on any atom is 0.237 e. The monoisotopic (exact) mass is 548 g/mol. The standard InChI is InChI=1S/C17H23N3O4.C10H14ClNS/c1-18-17(24)16(4-3-7-21)20(2)10-15-8-13(9-19-12-23)5-6-14(15)11-22;1-12-9-4-3-8(5-6-13-2)10(11)7-9/h5-8,11-12,16H,3-4,9-10H2,1-2H3,(H,18,24)(H,19,23);3-4,7,12H,5-6H2,1-2H3. The second kappa shape index (κ2) is 18.4. The van der Waals surface area contributed by atoms with Crippen LogP contribution in [0.3, 0.4) is 0 Å². The Labute approximate surface area is 228 Å². The summed E-state index contributed by atoms with van der Waals surface area (Å²) in [6.07, 6.45) is 6.00. The molecular weight excluding hydrogens is 512 g/mol. The fourth-order valence-corrected chi connectivity index (χ4v) is 4.32. The number of thioether (sulfide) groups is 1. The van der Waals surface area contributed by atoms with Crippen molar-refractivity contribution in [3.63, 3.8) is 0 Å². The van der Waals surface area contributed by atoms with Gasteiger partial charge in [-0.15, -0.1) is 0 Å². The van der Waals surface area contributed by atoms with E-state index < -0.39 is 6.04 Å². The quantitative estimate of drug-likeness (QED) is 0.292. The van der Waals surface area contributed by atoms with E-state index in [2.05, 4.69) is 34.3 Å². The molecule has 2 aromatic carbocycles. The lowest BCUT2D eigenvalue weighted by Gasteiger charge is -2.27. The predicted octanol–water partition coefficient (Wildman–Crippen LogP) is 3.56. The van der Waals surface area contributed by atoms with E-state index in [-0.39, 0.29) is 12.3 Å². The number of amides is 2. The van der Waals surface area contributed by atoms with Crippen LogP contribution in [0.25, 0.3) is 0 Å². The molecule has 202 valence electrons. The lowest BCUT2D eigenvalue weighted by molar-refractivity contribution is -0.126. The molecule has 3 N–H and O–H groups in total. The van der Waals surface area contributed by atoms with Crippen molar-refractivity contribution in [2.75, 3.05) is 38.5 Å². The van der Waals surface area contributed by atoms with E-state index in [1.54, 1.807) is 26.2 Å². The van der Waals surface area contributed by atoms with E-state index in [1.807, 2.05) is 35.8 Å². The number of carbonyl (C=O) groups excluding carboxylic acids is 4. The molecule has 8 nitrogen and oxygen atoms in total. The van der Waals surface area contributed by atoms with Gasteiger partial charge in [0.2, 0.25) is 12.3 Å². The average Bonchev–Trinajstić information content (AvgIpc) is 2.91. The number of rotatable bonds is 15. The summed E-state index contributed by atoms with van der Waals surface area (Å²) in [5.41, 5.74) is 4.45. The van der Waals surface area contributed by atoms with Gasteiger partial charge in [-0.1, -0.05) is 35.9 Å². The van der Waals surface area contributed by atoms with E-state index in [0.29, 0.717) is 31.5 Å². The molecular formula is C27H37ClN4O4S. The lowest BCUT2D eigenvalue weighted by atomic mass is 10.0. The molecule has 0 fully saturated rings. The van der Waals surface area contributed by atoms with Crippen LogP contribution in [0.5, 0.6) is 0 Å². The van der Waals surface area contributed by atoms with Gasteiger partial charge in [-0.05, 0) is 60.7 Å². The Morgan fingerprint density at radius 1 is 1.11 bits per heavy atom. The van der Waals surface area contributed by atoms with E-state index >= 15 is 0 Å². The Kier molecular flexibility index (Phi) is 16.0. The van der Waals surface area contributed by atoms with Gasteiger partial charge in [0.1, 0.15) is 12.6 Å². The van der Waals surface area contributed by atoms with Crippen molar-refractivity contribution >= 4 is 53.9 Å². The number of aldehydes is 2. The first kappa shape index (κ1) is 32.1. The van der Waals surface area contributed by atoms with E-state index in [1.165, 1.54) is 5.56 Å². The maximum atomic E-state index is 12.0. The fourth-order valence-electron chi connectivity index (χ4n) is 3.62. The third-order valence-electron chi connectivity index (χ3n) is 5.70. The van der Waals surface area contributed by atoms with Crippen molar-refractivity contribution in [2.45, 2.75) is 38.4 Å². The number of aryl methyl sites for hydroxylation is 1. The van der Waals surface area contributed by atoms with Gasteiger partial charge >= 0.3 is 0 Å². The first-order valence-corrected chi connectivity index (χ1v) is 13.7. The highest BCUT2D eigenvalue weighted by Gasteiger charge is 2.22. The summed E-state index contributed by atoms with van der Waals surface area (Å²) in [6.45, 7) is 0.739. The zero-order valence-corrected chi connectivity index (χ0v) is 23.5. The highest BCUT2D eigenvalue weighted by atomic mass is 35.5. The molecule has 1 atom stereocenters. The lowest BCUT2D eigenvalue weighted by Crippen LogP contribution is -2.43. The van der Waals surface area contributed by atoms with Gasteiger partial charge in [0.05, 0.1) is 6.04 Å². The van der Waals surface area contributed by atoms with Gasteiger partial charge in [-0.2, -0.15) is 11.8 Å². The second-order valence-electron chi connectivity index (χ2n) is 8.24. The number of nitrogens with zero attached hydrogens (tertiary/aromatic N) is 1. The molecule has 0 aromatic heterocycles. The molecule has 0 aliphatic carbocycles. The molecule has 10 heteroatoms. The van der Waals surface area contributed by atoms with Crippen LogP contribution < -0.4 is 16.0 Å². The number of benzene rings is 2. The summed E-state index contributed by atoms with van der Waals surface area (Å²) in [5.74, 6) is 0.948. The molecule has 0 spiro atoms. The number of likely N-dealkylation sites (N-methyl/N-ethyl adjacent to an activating group) is 2. The summed E-state index contributed by atoms with van der Waals surface area (Å²) < 4.78 is 0. The number of hydrogen-bond acceptors (Lipinski definition) is 7. The van der Waals surface area contributed by atoms with E-state index in [9.17, 15) is 19.2 Å². The molecule has 2 aromatic rings. The van der Waals surface area contributed by atoms with Gasteiger partial charge in [-0.3, -0.25) is 19.3 Å². The number of anilines is 1. The van der Waals surface area contributed by atoms with Gasteiger partial charge < -0.3 is 20.7 Å². The zero-order valence-electron chi connectivity index (χ0n) is 21.9. The summed E-state index contributed by atoms with van der Waals surface area (Å²) in [7, 11) is 5.22. The molecule has 0 saturated carbocycles. The predicted molar refractivity (Wildman–Crippen MR) is 152 cm³/mol. The Morgan fingerprint density at radius 2 is 1.86 bits per heavy atom. The van der Waals surface area contributed by atoms with Crippen LogP contribution in [0.1, 0.15) is 39.9 Å². The first-order valence-electron chi connectivity index (χ1n) is 11.9. The van der Waals surface area contributed by atoms with Crippen molar-refractivity contribution in [1.29, 1.82) is 0 Å². The van der Waals surface area contributed by atoms with Crippen LogP contribution >= 0.6 is 23.4 Å². The number of nitrogens with one attached hydrogen (secondary N) is 3. The number of carbonyl (C=O) groups is 4. The van der Waals surface area contributed by atoms with Crippen LogP contribution in [0, 0.1) is 0 Å². The third-order valence-corrected chi connectivity index (χ3v) is 6.66. The largest absolute Gasteiger partial charge is 0.388 e. The Morgan fingerprint density at radius 3 is 2.43 bits per heavy atom. The van der Waals surface area contributed by atoms with Crippen LogP contribution in [0.15, 0.2) is 36.4 Å². The second-order valence-corrected chi connectivity index (χ2v) is 9.63. The van der Waals surface area contributed by atoms with Crippen molar-refractivity contribution < 1.29 is 19.2 Å². The van der Waals surface area contributed by atoms with Crippen molar-refractivity contribution in [1.82, 2.24) is 15.5 Å². The van der Waals surface area contributed by atoms with Crippen LogP contribution in [0.2, 0.25) is 5.02 Å². The first-order chi connectivity index (χ1) is 17.8. The molecule has 0 saturated heterocycles. The van der Waals surface area contributed by atoms with Crippen molar-refractivity contribution in [2.24, 2.45) is 0 Å². The molecule has 37 heavy (non-hydrogen) atoms. The molecule has 0 bridgehead atoms. The molecule has 2 rings (SSSR count). The van der Waals surface area contributed by atoms with Crippen LogP contribution in [-0.4, -0.2) is 69.0 Å². The highest BCUT2D eigenvalue weighted by Crippen LogP contribution is 2.22. The normalized spacial score (nSPS) is 11.1. The van der Waals surface area contributed by atoms with Gasteiger partial charge in [0.15, 0.2) is 0 Å². The highest BCUT2D eigenvalue weighted by molar-refractivity contribution is 7.98. The third kappa shape index (κ3) is 11.4. The molecule has 0 aliphatic heterocycles. The topological polar surface area (TPSA) is 108 Å². The number of hydrogen-bond donors (Lipinski definition) is 3. The summed E-state index contributed by atoms with van der Waals surface area (Å²) in [5, 5.41) is 9.09. The van der Waals surface area contributed by atoms with Crippen LogP contribution in [0.4, 0.5) is 5.69 Å². The zero-order chi connectivity index (χ0) is 27.6. The summed E-state index contributed by atoms with van der Waals surface area (Å²) >= 11 is 7.94. The molecule has 0 heterocycles. The summed E-state index contributed by atoms with van der Waals surface area (Å²) in [4.78, 5) is 46.1. The smallest absolute Gasteiger partial charge is 0.237 e. The minimum atomic E-state index is -0.462. The van der Waals surface area contributed by atoms with Gasteiger partial charge in [0, 0.05) is 49.9 Å². The molecule has 0 radical (unpaired) electrons.